The van der Waals surface area contributed by atoms with Gasteiger partial charge in [-0.25, -0.2) is 9.64 Å². The van der Waals surface area contributed by atoms with Gasteiger partial charge in [0.25, 0.3) is 0 Å². The summed E-state index contributed by atoms with van der Waals surface area (Å²) in [5, 5.41) is 11.7. The van der Waals surface area contributed by atoms with Crippen LogP contribution in [0.1, 0.15) is 29.7 Å². The summed E-state index contributed by atoms with van der Waals surface area (Å²) in [5.74, 6) is 0. The van der Waals surface area contributed by atoms with E-state index in [-0.39, 0.29) is 27.5 Å². The molecule has 1 aliphatic heterocycles. The molecule has 158 valence electrons. The van der Waals surface area contributed by atoms with Gasteiger partial charge in [0.05, 0.1) is 29.8 Å². The summed E-state index contributed by atoms with van der Waals surface area (Å²) in [5.41, 5.74) is -0.0981. The summed E-state index contributed by atoms with van der Waals surface area (Å²) >= 11 is -1.52. The van der Waals surface area contributed by atoms with E-state index < -0.39 is 35.0 Å². The molecule has 0 radical (unpaired) electrons. The number of halogens is 3. The summed E-state index contributed by atoms with van der Waals surface area (Å²) in [6.07, 6.45) is -3.18. The molecule has 3 rings (SSSR count). The van der Waals surface area contributed by atoms with Crippen molar-refractivity contribution >= 4 is 22.9 Å². The number of allylic oxidation sites excluding steroid dienone is 1. The number of carbonyl (C=O) groups is 1. The zero-order chi connectivity index (χ0) is 22.9. The van der Waals surface area contributed by atoms with Gasteiger partial charge in [-0.05, 0) is 42.4 Å². The summed E-state index contributed by atoms with van der Waals surface area (Å²) in [7, 11) is 0. The van der Waals surface area contributed by atoms with E-state index in [0.717, 1.165) is 17.0 Å². The average Bonchev–Trinajstić information content (AvgIpc) is 2.72. The second-order valence-electron chi connectivity index (χ2n) is 6.67. The standard InChI is InChI=1S/C21H15F3N4O2S/c1-12-18(26-2)19(16-8-7-13(11-25)9-17(16)31(3)30)27-20(29)28(12)15-6-4-5-14(10-15)21(22,23)24/h4-10,19H,1,3H3,(H,27,29)/t19-,31-/m1/s1. The van der Waals surface area contributed by atoms with Crippen molar-refractivity contribution in [2.75, 3.05) is 11.2 Å². The number of hydrogen-bond acceptors (Lipinski definition) is 3. The molecule has 1 N–H and O–H groups in total. The number of benzene rings is 2. The van der Waals surface area contributed by atoms with E-state index in [2.05, 4.69) is 10.2 Å². The van der Waals surface area contributed by atoms with Crippen LogP contribution in [0.4, 0.5) is 23.7 Å². The van der Waals surface area contributed by atoms with Crippen LogP contribution in [0.15, 0.2) is 58.8 Å². The first kappa shape index (κ1) is 22.2. The van der Waals surface area contributed by atoms with Crippen molar-refractivity contribution < 1.29 is 22.5 Å². The lowest BCUT2D eigenvalue weighted by atomic mass is 9.99. The van der Waals surface area contributed by atoms with Gasteiger partial charge in [-0.15, -0.1) is 0 Å². The number of rotatable bonds is 3. The Hall–Kier alpha value is -3.47. The van der Waals surface area contributed by atoms with Crippen molar-refractivity contribution in [2.45, 2.75) is 24.0 Å². The van der Waals surface area contributed by atoms with E-state index in [9.17, 15) is 22.5 Å². The van der Waals surface area contributed by atoms with Gasteiger partial charge in [0.2, 0.25) is 5.70 Å². The fourth-order valence-electron chi connectivity index (χ4n) is 3.33. The Bertz CT molecular complexity index is 1160. The van der Waals surface area contributed by atoms with Gasteiger partial charge >= 0.3 is 12.2 Å². The van der Waals surface area contributed by atoms with E-state index in [1.807, 2.05) is 6.07 Å². The van der Waals surface area contributed by atoms with Crippen molar-refractivity contribution in [1.29, 1.82) is 5.26 Å². The predicted molar refractivity (Wildman–Crippen MR) is 108 cm³/mol. The third-order valence-electron chi connectivity index (χ3n) is 4.77. The number of nitrogens with one attached hydrogen (secondary N) is 1. The van der Waals surface area contributed by atoms with Crippen molar-refractivity contribution in [2.24, 2.45) is 0 Å². The molecule has 6 nitrogen and oxygen atoms in total. The van der Waals surface area contributed by atoms with Gasteiger partial charge in [-0.2, -0.15) is 18.4 Å². The maximum atomic E-state index is 13.1. The first-order chi connectivity index (χ1) is 14.6. The lowest BCUT2D eigenvalue weighted by Gasteiger charge is -2.34. The Morgan fingerprint density at radius 3 is 2.58 bits per heavy atom. The fraction of sp³-hybridized carbons (Fsp3) is 0.190. The summed E-state index contributed by atoms with van der Waals surface area (Å²) in [6.45, 7) is 9.07. The van der Waals surface area contributed by atoms with Crippen LogP contribution in [0.2, 0.25) is 0 Å². The molecule has 1 heterocycles. The molecule has 31 heavy (non-hydrogen) atoms. The monoisotopic (exact) mass is 444 g/mol. The Morgan fingerprint density at radius 2 is 2.00 bits per heavy atom. The molecule has 0 saturated carbocycles. The maximum absolute atomic E-state index is 13.1. The number of anilines is 1. The molecular weight excluding hydrogens is 429 g/mol. The van der Waals surface area contributed by atoms with Crippen molar-refractivity contribution in [3.05, 3.63) is 82.0 Å². The molecule has 0 aromatic heterocycles. The topological polar surface area (TPSA) is 83.5 Å². The number of nitriles is 1. The maximum Gasteiger partial charge on any atom is 0.416 e. The highest BCUT2D eigenvalue weighted by atomic mass is 32.2. The molecular formula is C21H15F3N4O2S. The molecule has 0 fully saturated rings. The zero-order valence-corrected chi connectivity index (χ0v) is 17.1. The molecule has 2 amide bonds. The molecule has 0 bridgehead atoms. The second-order valence-corrected chi connectivity index (χ2v) is 8.02. The van der Waals surface area contributed by atoms with Crippen LogP contribution in [0, 0.1) is 17.9 Å². The third-order valence-corrected chi connectivity index (χ3v) is 5.74. The van der Waals surface area contributed by atoms with E-state index in [1.54, 1.807) is 0 Å². The Kier molecular flexibility index (Phi) is 5.98. The average molecular weight is 444 g/mol. The number of urea groups is 1. The van der Waals surface area contributed by atoms with Crippen LogP contribution in [0.3, 0.4) is 0 Å². The first-order valence-corrected chi connectivity index (χ1v) is 10.4. The number of hydrogen-bond donors (Lipinski definition) is 1. The van der Waals surface area contributed by atoms with Gasteiger partial charge < -0.3 is 9.87 Å². The molecule has 2 aromatic rings. The molecule has 2 atom stereocenters. The van der Waals surface area contributed by atoms with Gasteiger partial charge in [0, 0.05) is 23.0 Å². The van der Waals surface area contributed by atoms with Crippen LogP contribution in [0.25, 0.3) is 4.85 Å². The molecule has 0 saturated heterocycles. The number of carbonyl (C=O) groups excluding carboxylic acids is 1. The SMILES string of the molecule is [C-]#[N+]C1=C(C)N(c2cccc(C(F)(F)F)c2)C(=O)N[C@@H]1c1ccc(C#N)cc1[S@@+](C)[O-]. The minimum Gasteiger partial charge on any atom is -0.612 e. The Labute approximate surface area is 179 Å². The Morgan fingerprint density at radius 1 is 1.29 bits per heavy atom. The fourth-order valence-corrected chi connectivity index (χ4v) is 4.14. The van der Waals surface area contributed by atoms with Gasteiger partial charge in [-0.1, -0.05) is 12.1 Å². The van der Waals surface area contributed by atoms with Crippen LogP contribution in [-0.4, -0.2) is 16.8 Å². The molecule has 10 heteroatoms. The van der Waals surface area contributed by atoms with Gasteiger partial charge in [-0.3, -0.25) is 4.90 Å². The number of amides is 2. The number of nitrogens with zero attached hydrogens (tertiary/aromatic N) is 3. The first-order valence-electron chi connectivity index (χ1n) is 8.82. The van der Waals surface area contributed by atoms with Crippen LogP contribution >= 0.6 is 0 Å². The molecule has 0 spiro atoms. The highest BCUT2D eigenvalue weighted by Gasteiger charge is 2.37. The van der Waals surface area contributed by atoms with E-state index in [4.69, 9.17) is 11.8 Å². The van der Waals surface area contributed by atoms with Crippen LogP contribution < -0.4 is 10.2 Å². The zero-order valence-electron chi connectivity index (χ0n) is 16.3. The third kappa shape index (κ3) is 4.22. The summed E-state index contributed by atoms with van der Waals surface area (Å²) in [4.78, 5) is 17.7. The minimum atomic E-state index is -4.59. The predicted octanol–water partition coefficient (Wildman–Crippen LogP) is 4.74. The highest BCUT2D eigenvalue weighted by Crippen LogP contribution is 2.38. The lowest BCUT2D eigenvalue weighted by Crippen LogP contribution is -2.46. The van der Waals surface area contributed by atoms with Crippen molar-refractivity contribution in [3.8, 4) is 6.07 Å². The second kappa shape index (κ2) is 8.34. The van der Waals surface area contributed by atoms with E-state index in [1.165, 1.54) is 43.5 Å². The van der Waals surface area contributed by atoms with E-state index in [0.29, 0.717) is 5.56 Å². The van der Waals surface area contributed by atoms with E-state index >= 15 is 0 Å². The normalized spacial score (nSPS) is 17.6. The number of alkyl halides is 3. The van der Waals surface area contributed by atoms with Gasteiger partial charge in [0.1, 0.15) is 6.26 Å². The highest BCUT2D eigenvalue weighted by molar-refractivity contribution is 7.90. The largest absolute Gasteiger partial charge is 0.612 e. The smallest absolute Gasteiger partial charge is 0.416 e. The summed E-state index contributed by atoms with van der Waals surface area (Å²) in [6, 6.07) is 8.92. The quantitative estimate of drug-likeness (QED) is 0.549. The van der Waals surface area contributed by atoms with Gasteiger partial charge in [0.15, 0.2) is 4.90 Å². The van der Waals surface area contributed by atoms with Crippen molar-refractivity contribution in [1.82, 2.24) is 5.32 Å². The molecule has 2 aromatic carbocycles. The molecule has 1 aliphatic rings. The Balaban J connectivity index is 2.14. The van der Waals surface area contributed by atoms with Crippen LogP contribution in [0.5, 0.6) is 0 Å². The molecule has 0 unspecified atom stereocenters. The minimum absolute atomic E-state index is 0.0384. The summed E-state index contributed by atoms with van der Waals surface area (Å²) < 4.78 is 51.5. The molecule has 0 aliphatic carbocycles. The lowest BCUT2D eigenvalue weighted by molar-refractivity contribution is -0.137. The van der Waals surface area contributed by atoms with Crippen molar-refractivity contribution in [3.63, 3.8) is 0 Å². The van der Waals surface area contributed by atoms with Crippen LogP contribution in [-0.2, 0) is 17.4 Å².